The number of amides is 1. The second-order valence-electron chi connectivity index (χ2n) is 8.46. The molecule has 0 spiro atoms. The fourth-order valence-electron chi connectivity index (χ4n) is 4.38. The molecular weight excluding hydrogens is 372 g/mol. The molecule has 5 nitrogen and oxygen atoms in total. The van der Waals surface area contributed by atoms with Crippen LogP contribution in [-0.4, -0.2) is 50.4 Å². The van der Waals surface area contributed by atoms with Crippen LogP contribution in [0.2, 0.25) is 5.02 Å². The van der Waals surface area contributed by atoms with Crippen LogP contribution in [0.25, 0.3) is 0 Å². The number of carbonyl (C=O) groups excluding carboxylic acids is 1. The summed E-state index contributed by atoms with van der Waals surface area (Å²) < 4.78 is 1.98. The van der Waals surface area contributed by atoms with E-state index in [0.29, 0.717) is 29.3 Å². The molecule has 0 N–H and O–H groups in total. The van der Waals surface area contributed by atoms with Gasteiger partial charge in [-0.3, -0.25) is 9.69 Å². The molecule has 4 unspecified atom stereocenters. The zero-order valence-electron chi connectivity index (χ0n) is 16.9. The summed E-state index contributed by atoms with van der Waals surface area (Å²) >= 11 is 6.16. The van der Waals surface area contributed by atoms with Crippen molar-refractivity contribution >= 4 is 17.5 Å². The van der Waals surface area contributed by atoms with Crippen molar-refractivity contribution in [1.29, 1.82) is 0 Å². The van der Waals surface area contributed by atoms with Gasteiger partial charge in [-0.25, -0.2) is 4.98 Å². The first-order valence-corrected chi connectivity index (χ1v) is 10.7. The number of nitrogens with zero attached hydrogens (tertiary/aromatic N) is 4. The Morgan fingerprint density at radius 1 is 1.39 bits per heavy atom. The minimum atomic E-state index is -0.00223. The smallest absolute Gasteiger partial charge is 0.274 e. The second-order valence-corrected chi connectivity index (χ2v) is 8.89. The third-order valence-corrected chi connectivity index (χ3v) is 6.44. The van der Waals surface area contributed by atoms with Gasteiger partial charge in [-0.1, -0.05) is 37.1 Å². The van der Waals surface area contributed by atoms with Gasteiger partial charge in [0.2, 0.25) is 0 Å². The predicted octanol–water partition coefficient (Wildman–Crippen LogP) is 4.24. The van der Waals surface area contributed by atoms with Gasteiger partial charge in [-0.2, -0.15) is 0 Å². The van der Waals surface area contributed by atoms with Gasteiger partial charge in [0, 0.05) is 49.0 Å². The van der Waals surface area contributed by atoms with Crippen molar-refractivity contribution in [2.24, 2.45) is 5.92 Å². The SMILES string of the molecule is CCC1CC2C(CN(Cc3cccc(Cl)c3)C(=O)c3cn(C(C)C)cn3)N2C1. The molecule has 0 saturated carbocycles. The molecule has 2 aromatic rings. The topological polar surface area (TPSA) is 41.1 Å². The Morgan fingerprint density at radius 3 is 2.82 bits per heavy atom. The first-order chi connectivity index (χ1) is 13.5. The molecule has 2 aliphatic heterocycles. The van der Waals surface area contributed by atoms with E-state index in [9.17, 15) is 4.79 Å². The number of carbonyl (C=O) groups is 1. The molecular formula is C22H29ClN4O. The molecule has 1 aromatic heterocycles. The number of halogens is 1. The number of piperidine rings is 1. The van der Waals surface area contributed by atoms with Crippen molar-refractivity contribution in [3.05, 3.63) is 53.1 Å². The third kappa shape index (κ3) is 3.96. The summed E-state index contributed by atoms with van der Waals surface area (Å²) in [6, 6.07) is 9.19. The van der Waals surface area contributed by atoms with Crippen LogP contribution in [0.1, 0.15) is 55.7 Å². The number of hydrogen-bond acceptors (Lipinski definition) is 3. The van der Waals surface area contributed by atoms with Crippen molar-refractivity contribution in [3.8, 4) is 0 Å². The summed E-state index contributed by atoms with van der Waals surface area (Å²) in [7, 11) is 0. The first kappa shape index (κ1) is 19.5. The minimum absolute atomic E-state index is 0.00223. The van der Waals surface area contributed by atoms with Crippen molar-refractivity contribution < 1.29 is 4.79 Å². The van der Waals surface area contributed by atoms with E-state index in [2.05, 4.69) is 30.7 Å². The van der Waals surface area contributed by atoms with Gasteiger partial charge in [0.05, 0.1) is 6.33 Å². The van der Waals surface area contributed by atoms with Crippen LogP contribution in [0.15, 0.2) is 36.8 Å². The Morgan fingerprint density at radius 2 is 2.21 bits per heavy atom. The molecule has 0 aliphatic carbocycles. The molecule has 0 bridgehead atoms. The van der Waals surface area contributed by atoms with Crippen LogP contribution >= 0.6 is 11.6 Å². The Bertz CT molecular complexity index is 837. The van der Waals surface area contributed by atoms with E-state index >= 15 is 0 Å². The van der Waals surface area contributed by atoms with Crippen LogP contribution in [0, 0.1) is 5.92 Å². The lowest BCUT2D eigenvalue weighted by Crippen LogP contribution is -2.36. The number of benzene rings is 1. The van der Waals surface area contributed by atoms with Gasteiger partial charge in [0.1, 0.15) is 5.69 Å². The fraction of sp³-hybridized carbons (Fsp3) is 0.545. The summed E-state index contributed by atoms with van der Waals surface area (Å²) in [4.78, 5) is 22.1. The van der Waals surface area contributed by atoms with E-state index in [1.165, 1.54) is 19.4 Å². The number of hydrogen-bond donors (Lipinski definition) is 0. The van der Waals surface area contributed by atoms with E-state index in [0.717, 1.165) is 18.0 Å². The molecule has 28 heavy (non-hydrogen) atoms. The van der Waals surface area contributed by atoms with Gasteiger partial charge in [-0.15, -0.1) is 0 Å². The van der Waals surface area contributed by atoms with Crippen LogP contribution in [0.3, 0.4) is 0 Å². The zero-order valence-corrected chi connectivity index (χ0v) is 17.6. The van der Waals surface area contributed by atoms with E-state index in [-0.39, 0.29) is 11.9 Å². The highest BCUT2D eigenvalue weighted by atomic mass is 35.5. The normalized spacial score (nSPS) is 25.8. The van der Waals surface area contributed by atoms with Gasteiger partial charge in [0.15, 0.2) is 0 Å². The molecule has 2 aliphatic rings. The number of rotatable bonds is 7. The maximum Gasteiger partial charge on any atom is 0.274 e. The molecule has 3 heterocycles. The van der Waals surface area contributed by atoms with Crippen LogP contribution in [0.4, 0.5) is 0 Å². The molecule has 4 rings (SSSR count). The van der Waals surface area contributed by atoms with E-state index in [1.54, 1.807) is 6.33 Å². The Hall–Kier alpha value is -1.85. The highest BCUT2D eigenvalue weighted by Crippen LogP contribution is 2.42. The van der Waals surface area contributed by atoms with E-state index in [1.807, 2.05) is 39.9 Å². The van der Waals surface area contributed by atoms with Crippen LogP contribution < -0.4 is 0 Å². The van der Waals surface area contributed by atoms with Crippen LogP contribution in [-0.2, 0) is 6.54 Å². The van der Waals surface area contributed by atoms with Crippen molar-refractivity contribution in [2.75, 3.05) is 13.1 Å². The Balaban J connectivity index is 1.50. The van der Waals surface area contributed by atoms with Crippen LogP contribution in [0.5, 0.6) is 0 Å². The maximum absolute atomic E-state index is 13.3. The minimum Gasteiger partial charge on any atom is -0.334 e. The monoisotopic (exact) mass is 400 g/mol. The van der Waals surface area contributed by atoms with Crippen molar-refractivity contribution in [3.63, 3.8) is 0 Å². The molecule has 1 amide bonds. The zero-order chi connectivity index (χ0) is 19.8. The lowest BCUT2D eigenvalue weighted by atomic mass is 10.0. The fourth-order valence-corrected chi connectivity index (χ4v) is 4.60. The van der Waals surface area contributed by atoms with Gasteiger partial charge in [0.25, 0.3) is 5.91 Å². The summed E-state index contributed by atoms with van der Waals surface area (Å²) in [5.74, 6) is 0.817. The molecule has 6 heteroatoms. The molecule has 2 saturated heterocycles. The van der Waals surface area contributed by atoms with Crippen molar-refractivity contribution in [1.82, 2.24) is 19.4 Å². The van der Waals surface area contributed by atoms with Gasteiger partial charge >= 0.3 is 0 Å². The summed E-state index contributed by atoms with van der Waals surface area (Å²) in [5.41, 5.74) is 1.57. The quantitative estimate of drug-likeness (QED) is 0.652. The molecule has 1 aromatic carbocycles. The second kappa shape index (κ2) is 7.88. The standard InChI is InChI=1S/C22H29ClN4O/c1-4-16-9-20-21(27(20)11-16)13-25(10-17-6-5-7-18(23)8-17)22(28)19-12-26(14-24-19)15(2)3/h5-8,12,14-16,20-21H,4,9-11,13H2,1-3H3. The number of imidazole rings is 1. The summed E-state index contributed by atoms with van der Waals surface area (Å²) in [6.07, 6.45) is 6.12. The molecule has 2 fully saturated rings. The maximum atomic E-state index is 13.3. The van der Waals surface area contributed by atoms with E-state index < -0.39 is 0 Å². The highest BCUT2D eigenvalue weighted by molar-refractivity contribution is 6.30. The summed E-state index contributed by atoms with van der Waals surface area (Å²) in [6.45, 7) is 8.92. The lowest BCUT2D eigenvalue weighted by Gasteiger charge is -2.23. The molecule has 150 valence electrons. The third-order valence-electron chi connectivity index (χ3n) is 6.20. The number of fused-ring (bicyclic) bond motifs is 1. The Kier molecular flexibility index (Phi) is 5.48. The highest BCUT2D eigenvalue weighted by Gasteiger charge is 2.53. The molecule has 0 radical (unpaired) electrons. The van der Waals surface area contributed by atoms with E-state index in [4.69, 9.17) is 11.6 Å². The van der Waals surface area contributed by atoms with Gasteiger partial charge < -0.3 is 9.47 Å². The van der Waals surface area contributed by atoms with Crippen molar-refractivity contribution in [2.45, 2.75) is 58.3 Å². The summed E-state index contributed by atoms with van der Waals surface area (Å²) in [5, 5.41) is 0.701. The number of aromatic nitrogens is 2. The average Bonchev–Trinajstić information content (AvgIpc) is 3.09. The average molecular weight is 401 g/mol. The predicted molar refractivity (Wildman–Crippen MR) is 111 cm³/mol. The largest absolute Gasteiger partial charge is 0.334 e. The Labute approximate surface area is 172 Å². The lowest BCUT2D eigenvalue weighted by molar-refractivity contribution is 0.0730. The van der Waals surface area contributed by atoms with Gasteiger partial charge in [-0.05, 0) is 43.9 Å². The first-order valence-electron chi connectivity index (χ1n) is 10.3. The molecule has 4 atom stereocenters.